The third-order valence-corrected chi connectivity index (χ3v) is 3.60. The number of aromatic carboxylic acids is 2. The highest BCUT2D eigenvalue weighted by Gasteiger charge is 2.07. The van der Waals surface area contributed by atoms with E-state index in [0.717, 1.165) is 10.0 Å². The number of halogens is 1. The quantitative estimate of drug-likeness (QED) is 0.849. The van der Waals surface area contributed by atoms with E-state index < -0.39 is 11.9 Å². The average Bonchev–Trinajstić information content (AvgIpc) is 2.50. The van der Waals surface area contributed by atoms with Crippen LogP contribution in [0.5, 0.6) is 0 Å². The lowest BCUT2D eigenvalue weighted by Crippen LogP contribution is -1.99. The maximum Gasteiger partial charge on any atom is 0.335 e. The molecule has 2 rings (SSSR count). The molecule has 0 saturated heterocycles. The summed E-state index contributed by atoms with van der Waals surface area (Å²) in [5, 5.41) is 25.6. The predicted octanol–water partition coefficient (Wildman–Crippen LogP) is 3.71. The molecule has 0 atom stereocenters. The maximum atomic E-state index is 10.6. The van der Waals surface area contributed by atoms with Gasteiger partial charge in [0.1, 0.15) is 0 Å². The Bertz CT molecular complexity index is 750. The molecule has 0 bridgehead atoms. The third kappa shape index (κ3) is 4.72. The van der Waals surface area contributed by atoms with Gasteiger partial charge in [0.05, 0.1) is 22.8 Å². The van der Waals surface area contributed by atoms with Crippen molar-refractivity contribution < 1.29 is 19.8 Å². The van der Waals surface area contributed by atoms with Gasteiger partial charge in [0, 0.05) is 4.47 Å². The van der Waals surface area contributed by atoms with Gasteiger partial charge in [-0.2, -0.15) is 5.26 Å². The minimum absolute atomic E-state index is 0.143. The van der Waals surface area contributed by atoms with E-state index in [9.17, 15) is 9.59 Å². The summed E-state index contributed by atoms with van der Waals surface area (Å²) < 4.78 is 0.831. The molecule has 2 aromatic rings. The Hall–Kier alpha value is -2.65. The molecule has 112 valence electrons. The molecule has 0 aliphatic carbocycles. The van der Waals surface area contributed by atoms with Crippen LogP contribution in [0.1, 0.15) is 31.8 Å². The van der Waals surface area contributed by atoms with Crippen molar-refractivity contribution in [2.45, 2.75) is 6.92 Å². The number of nitriles is 1. The van der Waals surface area contributed by atoms with Crippen LogP contribution in [0.25, 0.3) is 0 Å². The van der Waals surface area contributed by atoms with Crippen LogP contribution in [0.2, 0.25) is 0 Å². The van der Waals surface area contributed by atoms with Gasteiger partial charge in [-0.15, -0.1) is 0 Å². The smallest absolute Gasteiger partial charge is 0.335 e. The third-order valence-electron chi connectivity index (χ3n) is 2.74. The first kappa shape index (κ1) is 17.4. The molecule has 22 heavy (non-hydrogen) atoms. The first-order valence-electron chi connectivity index (χ1n) is 6.08. The van der Waals surface area contributed by atoms with Gasteiger partial charge in [-0.05, 0) is 42.8 Å². The number of benzene rings is 2. The Morgan fingerprint density at radius 3 is 2.23 bits per heavy atom. The topological polar surface area (TPSA) is 98.4 Å². The van der Waals surface area contributed by atoms with E-state index >= 15 is 0 Å². The molecule has 0 aliphatic rings. The number of carboxylic acid groups (broad SMARTS) is 2. The van der Waals surface area contributed by atoms with Crippen LogP contribution >= 0.6 is 15.9 Å². The zero-order chi connectivity index (χ0) is 16.7. The van der Waals surface area contributed by atoms with Gasteiger partial charge in [-0.1, -0.05) is 28.1 Å². The molecule has 2 aromatic carbocycles. The number of carbonyl (C=O) groups is 2. The second-order valence-electron chi connectivity index (χ2n) is 4.22. The van der Waals surface area contributed by atoms with Crippen molar-refractivity contribution in [3.63, 3.8) is 0 Å². The standard InChI is InChI=1S/C8H7BrO2.C8H5NO2/c1-5-6(8(10)11)3-2-4-7(5)9;9-5-6-2-1-3-7(4-6)8(10)11/h2-4H,1H3,(H,10,11);1-4H,(H,10,11). The molecule has 0 aromatic heterocycles. The van der Waals surface area contributed by atoms with Gasteiger partial charge >= 0.3 is 11.9 Å². The van der Waals surface area contributed by atoms with Crippen LogP contribution < -0.4 is 0 Å². The van der Waals surface area contributed by atoms with Crippen LogP contribution in [0, 0.1) is 18.3 Å². The summed E-state index contributed by atoms with van der Waals surface area (Å²) in [4.78, 5) is 20.9. The molecule has 0 fully saturated rings. The molecule has 0 heterocycles. The molecule has 6 heteroatoms. The maximum absolute atomic E-state index is 10.6. The van der Waals surface area contributed by atoms with Crippen molar-refractivity contribution in [1.29, 1.82) is 5.26 Å². The van der Waals surface area contributed by atoms with Crippen molar-refractivity contribution in [2.75, 3.05) is 0 Å². The predicted molar refractivity (Wildman–Crippen MR) is 84.0 cm³/mol. The van der Waals surface area contributed by atoms with Crippen molar-refractivity contribution in [2.24, 2.45) is 0 Å². The summed E-state index contributed by atoms with van der Waals surface area (Å²) in [6.45, 7) is 1.77. The van der Waals surface area contributed by atoms with Crippen molar-refractivity contribution in [3.05, 3.63) is 69.2 Å². The molecular formula is C16H12BrNO4. The molecular weight excluding hydrogens is 350 g/mol. The van der Waals surface area contributed by atoms with E-state index in [1.807, 2.05) is 12.1 Å². The molecule has 0 unspecified atom stereocenters. The minimum atomic E-state index is -1.01. The first-order valence-corrected chi connectivity index (χ1v) is 6.88. The Kier molecular flexibility index (Phi) is 6.29. The van der Waals surface area contributed by atoms with E-state index in [2.05, 4.69) is 15.9 Å². The zero-order valence-corrected chi connectivity index (χ0v) is 13.2. The fraction of sp³-hybridized carbons (Fsp3) is 0.0625. The number of rotatable bonds is 2. The second kappa shape index (κ2) is 7.96. The normalized spacial score (nSPS) is 9.14. The van der Waals surface area contributed by atoms with Crippen LogP contribution in [-0.4, -0.2) is 22.2 Å². The van der Waals surface area contributed by atoms with Gasteiger partial charge in [-0.25, -0.2) is 9.59 Å². The van der Waals surface area contributed by atoms with E-state index in [1.54, 1.807) is 31.2 Å². The highest BCUT2D eigenvalue weighted by Crippen LogP contribution is 2.18. The monoisotopic (exact) mass is 361 g/mol. The van der Waals surface area contributed by atoms with E-state index in [-0.39, 0.29) is 5.56 Å². The van der Waals surface area contributed by atoms with E-state index in [1.165, 1.54) is 12.1 Å². The van der Waals surface area contributed by atoms with Crippen LogP contribution in [0.4, 0.5) is 0 Å². The van der Waals surface area contributed by atoms with Gasteiger partial charge < -0.3 is 10.2 Å². The van der Waals surface area contributed by atoms with Crippen molar-refractivity contribution in [3.8, 4) is 6.07 Å². The fourth-order valence-electron chi connectivity index (χ4n) is 1.56. The van der Waals surface area contributed by atoms with Gasteiger partial charge in [-0.3, -0.25) is 0 Å². The van der Waals surface area contributed by atoms with Gasteiger partial charge in [0.25, 0.3) is 0 Å². The molecule has 0 amide bonds. The molecule has 0 aliphatic heterocycles. The Morgan fingerprint density at radius 2 is 1.73 bits per heavy atom. The van der Waals surface area contributed by atoms with Crippen LogP contribution in [0.15, 0.2) is 46.9 Å². The molecule has 0 radical (unpaired) electrons. The van der Waals surface area contributed by atoms with Crippen LogP contribution in [0.3, 0.4) is 0 Å². The lowest BCUT2D eigenvalue weighted by atomic mass is 10.1. The molecule has 0 spiro atoms. The largest absolute Gasteiger partial charge is 0.478 e. The molecule has 5 nitrogen and oxygen atoms in total. The SMILES string of the molecule is Cc1c(Br)cccc1C(=O)O.N#Cc1cccc(C(=O)O)c1. The fourth-order valence-corrected chi connectivity index (χ4v) is 1.93. The Balaban J connectivity index is 0.000000220. The number of hydrogen-bond acceptors (Lipinski definition) is 3. The number of carboxylic acids is 2. The summed E-state index contributed by atoms with van der Waals surface area (Å²) >= 11 is 3.25. The highest BCUT2D eigenvalue weighted by atomic mass is 79.9. The lowest BCUT2D eigenvalue weighted by molar-refractivity contribution is 0.0685. The molecule has 0 saturated carbocycles. The van der Waals surface area contributed by atoms with Crippen LogP contribution in [-0.2, 0) is 0 Å². The average molecular weight is 362 g/mol. The summed E-state index contributed by atoms with van der Waals surface area (Å²) in [6, 6.07) is 12.9. The van der Waals surface area contributed by atoms with Gasteiger partial charge in [0.2, 0.25) is 0 Å². The highest BCUT2D eigenvalue weighted by molar-refractivity contribution is 9.10. The first-order chi connectivity index (χ1) is 10.4. The van der Waals surface area contributed by atoms with Gasteiger partial charge in [0.15, 0.2) is 0 Å². The van der Waals surface area contributed by atoms with Crippen molar-refractivity contribution >= 4 is 27.9 Å². The summed E-state index contributed by atoms with van der Waals surface area (Å²) in [6.07, 6.45) is 0. The Labute approximate surface area is 135 Å². The minimum Gasteiger partial charge on any atom is -0.478 e. The summed E-state index contributed by atoms with van der Waals surface area (Å²) in [5.41, 5.74) is 1.62. The second-order valence-corrected chi connectivity index (χ2v) is 5.07. The lowest BCUT2D eigenvalue weighted by Gasteiger charge is -2.00. The molecule has 2 N–H and O–H groups in total. The van der Waals surface area contributed by atoms with E-state index in [4.69, 9.17) is 15.5 Å². The number of hydrogen-bond donors (Lipinski definition) is 2. The van der Waals surface area contributed by atoms with Crippen molar-refractivity contribution in [1.82, 2.24) is 0 Å². The van der Waals surface area contributed by atoms with E-state index in [0.29, 0.717) is 11.1 Å². The summed E-state index contributed by atoms with van der Waals surface area (Å²) in [7, 11) is 0. The zero-order valence-electron chi connectivity index (χ0n) is 11.6. The Morgan fingerprint density at radius 1 is 1.09 bits per heavy atom. The summed E-state index contributed by atoms with van der Waals surface area (Å²) in [5.74, 6) is -1.90. The number of nitrogens with zero attached hydrogens (tertiary/aromatic N) is 1.